The number of aromatic nitrogens is 1. The second kappa shape index (κ2) is 4.18. The van der Waals surface area contributed by atoms with Crippen molar-refractivity contribution in [2.24, 2.45) is 11.8 Å². The molecule has 0 saturated heterocycles. The predicted octanol–water partition coefficient (Wildman–Crippen LogP) is 2.00. The van der Waals surface area contributed by atoms with Gasteiger partial charge in [-0.3, -0.25) is 0 Å². The fourth-order valence-corrected chi connectivity index (χ4v) is 2.15. The van der Waals surface area contributed by atoms with E-state index in [0.29, 0.717) is 5.69 Å². The van der Waals surface area contributed by atoms with E-state index in [1.807, 2.05) is 0 Å². The second-order valence-corrected chi connectivity index (χ2v) is 4.74. The summed E-state index contributed by atoms with van der Waals surface area (Å²) in [5.41, 5.74) is 0.383. The molecule has 0 aliphatic heterocycles. The lowest BCUT2D eigenvalue weighted by Gasteiger charge is -1.99. The monoisotopic (exact) mass is 226 g/mol. The number of nitrogens with zero attached hydrogens (tertiary/aromatic N) is 1. The van der Waals surface area contributed by atoms with Crippen molar-refractivity contribution in [3.63, 3.8) is 0 Å². The summed E-state index contributed by atoms with van der Waals surface area (Å²) in [6.07, 6.45) is 1.29. The van der Waals surface area contributed by atoms with Crippen molar-refractivity contribution in [1.29, 1.82) is 0 Å². The van der Waals surface area contributed by atoms with Crippen LogP contribution in [0.5, 0.6) is 0 Å². The van der Waals surface area contributed by atoms with Crippen LogP contribution in [0.1, 0.15) is 23.8 Å². The standard InChI is InChI=1S/C10H14N2O2S/c1-6-3-7(6)4-11-10-12-8(5-15-10)9(13)14-2/h5-7H,3-4H2,1-2H3,(H,11,12). The van der Waals surface area contributed by atoms with Gasteiger partial charge in [0.05, 0.1) is 7.11 Å². The average Bonchev–Trinajstić information content (AvgIpc) is 2.77. The minimum atomic E-state index is -0.376. The molecule has 1 fully saturated rings. The highest BCUT2D eigenvalue weighted by molar-refractivity contribution is 7.13. The van der Waals surface area contributed by atoms with Crippen molar-refractivity contribution in [1.82, 2.24) is 4.98 Å². The summed E-state index contributed by atoms with van der Waals surface area (Å²) in [7, 11) is 1.36. The minimum absolute atomic E-state index is 0.376. The van der Waals surface area contributed by atoms with E-state index in [2.05, 4.69) is 22.0 Å². The van der Waals surface area contributed by atoms with Crippen molar-refractivity contribution in [2.75, 3.05) is 19.0 Å². The maximum absolute atomic E-state index is 11.1. The van der Waals surface area contributed by atoms with Crippen molar-refractivity contribution in [3.8, 4) is 0 Å². The SMILES string of the molecule is COC(=O)c1csc(NCC2CC2C)n1. The highest BCUT2D eigenvalue weighted by Crippen LogP contribution is 2.37. The van der Waals surface area contributed by atoms with Gasteiger partial charge in [0.25, 0.3) is 0 Å². The number of carbonyl (C=O) groups is 1. The molecule has 2 unspecified atom stereocenters. The molecule has 0 bridgehead atoms. The first kappa shape index (κ1) is 10.4. The largest absolute Gasteiger partial charge is 0.464 e. The minimum Gasteiger partial charge on any atom is -0.464 e. The summed E-state index contributed by atoms with van der Waals surface area (Å²) in [5.74, 6) is 1.23. The Balaban J connectivity index is 1.86. The molecule has 1 N–H and O–H groups in total. The van der Waals surface area contributed by atoms with Gasteiger partial charge < -0.3 is 10.1 Å². The Labute approximate surface area is 92.7 Å². The van der Waals surface area contributed by atoms with E-state index in [4.69, 9.17) is 0 Å². The van der Waals surface area contributed by atoms with Gasteiger partial charge in [0.1, 0.15) is 0 Å². The number of hydrogen-bond acceptors (Lipinski definition) is 5. The van der Waals surface area contributed by atoms with E-state index in [1.54, 1.807) is 5.38 Å². The number of thiazole rings is 1. The third-order valence-corrected chi connectivity index (χ3v) is 3.49. The van der Waals surface area contributed by atoms with Gasteiger partial charge in [-0.15, -0.1) is 11.3 Å². The van der Waals surface area contributed by atoms with E-state index < -0.39 is 0 Å². The molecule has 1 aliphatic carbocycles. The van der Waals surface area contributed by atoms with Gasteiger partial charge in [-0.1, -0.05) is 6.92 Å². The fourth-order valence-electron chi connectivity index (χ4n) is 1.46. The fraction of sp³-hybridized carbons (Fsp3) is 0.600. The van der Waals surface area contributed by atoms with E-state index in [1.165, 1.54) is 24.9 Å². The van der Waals surface area contributed by atoms with Crippen molar-refractivity contribution in [2.45, 2.75) is 13.3 Å². The lowest BCUT2D eigenvalue weighted by molar-refractivity contribution is 0.0595. The Hall–Kier alpha value is -1.10. The molecular weight excluding hydrogens is 212 g/mol. The zero-order chi connectivity index (χ0) is 10.8. The first-order chi connectivity index (χ1) is 7.20. The normalized spacial score (nSPS) is 23.6. The van der Waals surface area contributed by atoms with Gasteiger partial charge in [0, 0.05) is 11.9 Å². The molecule has 2 atom stereocenters. The molecule has 1 aliphatic rings. The van der Waals surface area contributed by atoms with Gasteiger partial charge in [0.2, 0.25) is 0 Å². The number of ether oxygens (including phenoxy) is 1. The maximum atomic E-state index is 11.1. The maximum Gasteiger partial charge on any atom is 0.357 e. The quantitative estimate of drug-likeness (QED) is 0.798. The molecule has 1 heterocycles. The summed E-state index contributed by atoms with van der Waals surface area (Å²) in [4.78, 5) is 15.3. The topological polar surface area (TPSA) is 51.2 Å². The first-order valence-corrected chi connectivity index (χ1v) is 5.86. The second-order valence-electron chi connectivity index (χ2n) is 3.88. The molecule has 1 saturated carbocycles. The van der Waals surface area contributed by atoms with Gasteiger partial charge in [-0.25, -0.2) is 9.78 Å². The van der Waals surface area contributed by atoms with E-state index in [-0.39, 0.29) is 5.97 Å². The summed E-state index contributed by atoms with van der Waals surface area (Å²) in [6, 6.07) is 0. The van der Waals surface area contributed by atoms with Crippen LogP contribution in [0.25, 0.3) is 0 Å². The molecule has 1 aromatic heterocycles. The number of esters is 1. The van der Waals surface area contributed by atoms with Gasteiger partial charge in [-0.05, 0) is 18.3 Å². The zero-order valence-electron chi connectivity index (χ0n) is 8.82. The third-order valence-electron chi connectivity index (χ3n) is 2.69. The van der Waals surface area contributed by atoms with Gasteiger partial charge in [-0.2, -0.15) is 0 Å². The predicted molar refractivity (Wildman–Crippen MR) is 59.2 cm³/mol. The van der Waals surface area contributed by atoms with Gasteiger partial charge >= 0.3 is 5.97 Å². The molecule has 4 nitrogen and oxygen atoms in total. The molecular formula is C10H14N2O2S. The first-order valence-electron chi connectivity index (χ1n) is 4.98. The Morgan fingerprint density at radius 3 is 3.13 bits per heavy atom. The summed E-state index contributed by atoms with van der Waals surface area (Å²) in [5, 5.41) is 5.75. The van der Waals surface area contributed by atoms with Crippen LogP contribution in [0.15, 0.2) is 5.38 Å². The molecule has 0 amide bonds. The Bertz CT molecular complexity index is 364. The molecule has 0 spiro atoms. The number of anilines is 1. The van der Waals surface area contributed by atoms with Crippen LogP contribution in [0.4, 0.5) is 5.13 Å². The molecule has 5 heteroatoms. The van der Waals surface area contributed by atoms with Gasteiger partial charge in [0.15, 0.2) is 10.8 Å². The van der Waals surface area contributed by atoms with Crippen molar-refractivity contribution >= 4 is 22.4 Å². The molecule has 0 aromatic carbocycles. The number of rotatable bonds is 4. The van der Waals surface area contributed by atoms with Crippen LogP contribution in [-0.4, -0.2) is 24.6 Å². The van der Waals surface area contributed by atoms with Crippen LogP contribution in [0, 0.1) is 11.8 Å². The number of nitrogens with one attached hydrogen (secondary N) is 1. The van der Waals surface area contributed by atoms with Crippen LogP contribution < -0.4 is 5.32 Å². The highest BCUT2D eigenvalue weighted by atomic mass is 32.1. The van der Waals surface area contributed by atoms with E-state index in [9.17, 15) is 4.79 Å². The Morgan fingerprint density at radius 2 is 2.53 bits per heavy atom. The number of methoxy groups -OCH3 is 1. The Kier molecular flexibility index (Phi) is 2.90. The third kappa shape index (κ3) is 2.47. The van der Waals surface area contributed by atoms with Crippen LogP contribution in [-0.2, 0) is 4.74 Å². The van der Waals surface area contributed by atoms with Crippen molar-refractivity contribution < 1.29 is 9.53 Å². The number of carbonyl (C=O) groups excluding carboxylic acids is 1. The zero-order valence-corrected chi connectivity index (χ0v) is 9.63. The molecule has 15 heavy (non-hydrogen) atoms. The summed E-state index contributed by atoms with van der Waals surface area (Å²) >= 11 is 1.44. The molecule has 0 radical (unpaired) electrons. The molecule has 1 aromatic rings. The van der Waals surface area contributed by atoms with E-state index >= 15 is 0 Å². The lowest BCUT2D eigenvalue weighted by atomic mass is 10.3. The smallest absolute Gasteiger partial charge is 0.357 e. The van der Waals surface area contributed by atoms with Crippen LogP contribution in [0.3, 0.4) is 0 Å². The van der Waals surface area contributed by atoms with Crippen LogP contribution in [0.2, 0.25) is 0 Å². The highest BCUT2D eigenvalue weighted by Gasteiger charge is 2.32. The summed E-state index contributed by atoms with van der Waals surface area (Å²) in [6.45, 7) is 3.20. The lowest BCUT2D eigenvalue weighted by Crippen LogP contribution is -2.05. The number of hydrogen-bond donors (Lipinski definition) is 1. The van der Waals surface area contributed by atoms with Crippen LogP contribution >= 0.6 is 11.3 Å². The average molecular weight is 226 g/mol. The van der Waals surface area contributed by atoms with E-state index in [0.717, 1.165) is 23.5 Å². The molecule has 82 valence electrons. The Morgan fingerprint density at radius 1 is 1.80 bits per heavy atom. The molecule has 2 rings (SSSR count). The summed E-state index contributed by atoms with van der Waals surface area (Å²) < 4.78 is 4.58. The van der Waals surface area contributed by atoms with Crippen molar-refractivity contribution in [3.05, 3.63) is 11.1 Å².